The summed E-state index contributed by atoms with van der Waals surface area (Å²) in [4.78, 5) is 0. The van der Waals surface area contributed by atoms with Gasteiger partial charge in [-0.1, -0.05) is 79.4 Å². The van der Waals surface area contributed by atoms with Gasteiger partial charge in [-0.25, -0.2) is 8.42 Å². The van der Waals surface area contributed by atoms with Crippen molar-refractivity contribution in [2.24, 2.45) is 11.8 Å². The van der Waals surface area contributed by atoms with Gasteiger partial charge in [-0.2, -0.15) is 0 Å². The molecule has 2 bridgehead atoms. The monoisotopic (exact) mass is 390 g/mol. The second-order valence-corrected chi connectivity index (χ2v) is 11.4. The molecule has 0 spiro atoms. The van der Waals surface area contributed by atoms with E-state index in [-0.39, 0.29) is 11.8 Å². The van der Waals surface area contributed by atoms with E-state index < -0.39 is 19.8 Å². The smallest absolute Gasteiger partial charge is 0.162 e. The maximum absolute atomic E-state index is 13.4. The molecule has 2 aliphatic carbocycles. The van der Waals surface area contributed by atoms with E-state index in [9.17, 15) is 8.42 Å². The summed E-state index contributed by atoms with van der Waals surface area (Å²) in [5.41, 5.74) is 5.34. The Balaban J connectivity index is 1.96. The minimum Gasteiger partial charge on any atom is -0.228 e. The van der Waals surface area contributed by atoms with Crippen LogP contribution in [0.2, 0.25) is 0 Å². The molecular weight excluding hydrogens is 364 g/mol. The Hall–Kier alpha value is -2.39. The van der Waals surface area contributed by atoms with Crippen LogP contribution in [0, 0.1) is 11.8 Å². The molecule has 0 aromatic heterocycles. The van der Waals surface area contributed by atoms with Gasteiger partial charge in [-0.3, -0.25) is 0 Å². The van der Waals surface area contributed by atoms with Crippen molar-refractivity contribution in [1.29, 1.82) is 0 Å². The molecule has 0 amide bonds. The minimum atomic E-state index is -3.37. The average molecular weight is 391 g/mol. The largest absolute Gasteiger partial charge is 0.228 e. The number of benzene rings is 2. The molecule has 1 saturated carbocycles. The summed E-state index contributed by atoms with van der Waals surface area (Å²) in [6.45, 7) is 9.60. The highest BCUT2D eigenvalue weighted by Crippen LogP contribution is 2.54. The molecule has 3 atom stereocenters. The zero-order valence-corrected chi connectivity index (χ0v) is 17.4. The molecule has 2 aliphatic rings. The molecule has 0 aliphatic heterocycles. The molecule has 1 fully saturated rings. The number of allylic oxidation sites excluding steroid dienone is 3. The summed E-state index contributed by atoms with van der Waals surface area (Å²) < 4.78 is 25.9. The topological polar surface area (TPSA) is 34.1 Å². The quantitative estimate of drug-likeness (QED) is 0.654. The summed E-state index contributed by atoms with van der Waals surface area (Å²) in [5.74, 6) is -0.181. The molecule has 0 saturated heterocycles. The van der Waals surface area contributed by atoms with Crippen LogP contribution in [0.1, 0.15) is 31.9 Å². The van der Waals surface area contributed by atoms with E-state index in [2.05, 4.69) is 43.0 Å². The maximum atomic E-state index is 13.4. The van der Waals surface area contributed by atoms with Gasteiger partial charge in [0.1, 0.15) is 0 Å². The van der Waals surface area contributed by atoms with Crippen molar-refractivity contribution in [2.45, 2.75) is 30.8 Å². The summed E-state index contributed by atoms with van der Waals surface area (Å²) in [6.07, 6.45) is 4.21. The first-order valence-electron chi connectivity index (χ1n) is 9.69. The van der Waals surface area contributed by atoms with Gasteiger partial charge in [-0.05, 0) is 48.6 Å². The predicted octanol–water partition coefficient (Wildman–Crippen LogP) is 5.44. The lowest BCUT2D eigenvalue weighted by atomic mass is 9.87. The first-order valence-corrected chi connectivity index (χ1v) is 11.2. The Morgan fingerprint density at radius 3 is 1.82 bits per heavy atom. The summed E-state index contributed by atoms with van der Waals surface area (Å²) in [7, 11) is -3.37. The normalized spacial score (nSPS) is 24.0. The standard InChI is InChI=1S/C25H26O2S/c1-17-20-15-16-21(24(17)28(26,27)25(2,3)4)23(20)22(18-11-7-5-8-12-18)19-13-9-6-10-14-19/h5-16,20-21,24H,1H2,2-4H3/t20-,21-,24?/m1/s1. The average Bonchev–Trinajstić information content (AvgIpc) is 3.18. The van der Waals surface area contributed by atoms with Crippen LogP contribution in [0.5, 0.6) is 0 Å². The van der Waals surface area contributed by atoms with Gasteiger partial charge in [0.2, 0.25) is 0 Å². The number of hydrogen-bond donors (Lipinski definition) is 0. The van der Waals surface area contributed by atoms with Gasteiger partial charge in [0.05, 0.1) is 10.00 Å². The molecule has 1 unspecified atom stereocenters. The highest BCUT2D eigenvalue weighted by Gasteiger charge is 2.53. The third-order valence-electron chi connectivity index (χ3n) is 5.90. The van der Waals surface area contributed by atoms with Gasteiger partial charge >= 0.3 is 0 Å². The minimum absolute atomic E-state index is 0.0254. The number of hydrogen-bond acceptors (Lipinski definition) is 2. The molecule has 2 nitrogen and oxygen atoms in total. The second-order valence-electron chi connectivity index (χ2n) is 8.60. The predicted molar refractivity (Wildman–Crippen MR) is 117 cm³/mol. The van der Waals surface area contributed by atoms with Gasteiger partial charge < -0.3 is 0 Å². The molecular formula is C25H26O2S. The van der Waals surface area contributed by atoms with Crippen molar-refractivity contribution in [3.05, 3.63) is 102 Å². The summed E-state index contributed by atoms with van der Waals surface area (Å²) >= 11 is 0. The number of sulfone groups is 1. The van der Waals surface area contributed by atoms with Crippen LogP contribution >= 0.6 is 0 Å². The van der Waals surface area contributed by atoms with Gasteiger partial charge in [0, 0.05) is 11.8 Å². The molecule has 4 rings (SSSR count). The first kappa shape index (κ1) is 18.9. The van der Waals surface area contributed by atoms with E-state index in [1.807, 2.05) is 36.4 Å². The van der Waals surface area contributed by atoms with E-state index >= 15 is 0 Å². The first-order chi connectivity index (χ1) is 13.2. The molecule has 28 heavy (non-hydrogen) atoms. The van der Waals surface area contributed by atoms with Gasteiger partial charge in [0.15, 0.2) is 9.84 Å². The van der Waals surface area contributed by atoms with Crippen LogP contribution in [0.4, 0.5) is 0 Å². The fraction of sp³-hybridized carbons (Fsp3) is 0.280. The van der Waals surface area contributed by atoms with Crippen LogP contribution in [0.15, 0.2) is 90.5 Å². The zero-order chi connectivity index (χ0) is 20.1. The summed E-state index contributed by atoms with van der Waals surface area (Å²) in [5, 5.41) is -0.556. The third-order valence-corrected chi connectivity index (χ3v) is 8.87. The van der Waals surface area contributed by atoms with Gasteiger partial charge in [0.25, 0.3) is 0 Å². The van der Waals surface area contributed by atoms with Crippen LogP contribution in [-0.2, 0) is 9.84 Å². The second kappa shape index (κ2) is 6.59. The van der Waals surface area contributed by atoms with Gasteiger partial charge in [-0.15, -0.1) is 0 Å². The van der Waals surface area contributed by atoms with Crippen LogP contribution in [0.3, 0.4) is 0 Å². The Labute approximate surface area is 168 Å². The molecule has 0 heterocycles. The van der Waals surface area contributed by atoms with Crippen molar-refractivity contribution in [3.8, 4) is 0 Å². The fourth-order valence-corrected chi connectivity index (χ4v) is 6.38. The molecule has 2 aromatic rings. The highest BCUT2D eigenvalue weighted by molar-refractivity contribution is 7.93. The lowest BCUT2D eigenvalue weighted by molar-refractivity contribution is 0.544. The maximum Gasteiger partial charge on any atom is 0.162 e. The zero-order valence-electron chi connectivity index (χ0n) is 16.6. The van der Waals surface area contributed by atoms with E-state index in [0.29, 0.717) is 0 Å². The molecule has 0 N–H and O–H groups in total. The van der Waals surface area contributed by atoms with Crippen LogP contribution < -0.4 is 0 Å². The van der Waals surface area contributed by atoms with Crippen molar-refractivity contribution < 1.29 is 8.42 Å². The Morgan fingerprint density at radius 1 is 0.857 bits per heavy atom. The lowest BCUT2D eigenvalue weighted by Crippen LogP contribution is -2.40. The molecule has 0 radical (unpaired) electrons. The van der Waals surface area contributed by atoms with Crippen molar-refractivity contribution in [2.75, 3.05) is 0 Å². The van der Waals surface area contributed by atoms with E-state index in [4.69, 9.17) is 0 Å². The van der Waals surface area contributed by atoms with Crippen LogP contribution in [0.25, 0.3) is 5.57 Å². The molecule has 144 valence electrons. The van der Waals surface area contributed by atoms with Crippen molar-refractivity contribution >= 4 is 15.4 Å². The van der Waals surface area contributed by atoms with Crippen molar-refractivity contribution in [3.63, 3.8) is 0 Å². The highest BCUT2D eigenvalue weighted by atomic mass is 32.2. The van der Waals surface area contributed by atoms with E-state index in [0.717, 1.165) is 22.3 Å². The Morgan fingerprint density at radius 2 is 1.36 bits per heavy atom. The Kier molecular flexibility index (Phi) is 4.46. The summed E-state index contributed by atoms with van der Waals surface area (Å²) in [6, 6.07) is 20.5. The van der Waals surface area contributed by atoms with Crippen LogP contribution in [-0.4, -0.2) is 18.4 Å². The van der Waals surface area contributed by atoms with E-state index in [1.54, 1.807) is 20.8 Å². The van der Waals surface area contributed by atoms with Crippen molar-refractivity contribution in [1.82, 2.24) is 0 Å². The number of fused-ring (bicyclic) bond motifs is 2. The third kappa shape index (κ3) is 2.80. The Bertz CT molecular complexity index is 1030. The fourth-order valence-electron chi connectivity index (χ4n) is 4.45. The molecule has 3 heteroatoms. The number of rotatable bonds is 3. The lowest BCUT2D eigenvalue weighted by Gasteiger charge is -2.29. The van der Waals surface area contributed by atoms with E-state index in [1.165, 1.54) is 5.57 Å². The SMILES string of the molecule is C=C1C(S(=O)(=O)C(C)(C)C)[C@@H]2C=C[C@H]1C2=C(c1ccccc1)c1ccccc1. The molecule has 2 aromatic carbocycles.